The van der Waals surface area contributed by atoms with E-state index in [2.05, 4.69) is 0 Å². The number of aromatic carboxylic acids is 1. The van der Waals surface area contributed by atoms with E-state index in [0.717, 1.165) is 4.31 Å². The number of nitrogens with zero attached hydrogens (tertiary/aromatic N) is 1. The molecule has 1 aromatic rings. The quantitative estimate of drug-likeness (QED) is 0.781. The molecule has 0 aromatic heterocycles. The highest BCUT2D eigenvalue weighted by molar-refractivity contribution is 7.93. The highest BCUT2D eigenvalue weighted by Gasteiger charge is 2.32. The molecule has 0 atom stereocenters. The first kappa shape index (κ1) is 11.6. The van der Waals surface area contributed by atoms with Crippen LogP contribution >= 0.6 is 0 Å². The Labute approximate surface area is 97.5 Å². The second-order valence-corrected chi connectivity index (χ2v) is 5.68. The van der Waals surface area contributed by atoms with E-state index in [-0.39, 0.29) is 16.8 Å². The lowest BCUT2D eigenvalue weighted by Crippen LogP contribution is -2.38. The van der Waals surface area contributed by atoms with Crippen LogP contribution in [0.3, 0.4) is 0 Å². The molecule has 1 N–H and O–H groups in total. The van der Waals surface area contributed by atoms with Crippen molar-refractivity contribution >= 4 is 27.5 Å². The van der Waals surface area contributed by atoms with Gasteiger partial charge in [-0.3, -0.25) is 9.10 Å². The smallest absolute Gasteiger partial charge is 0.335 e. The molecule has 1 heterocycles. The van der Waals surface area contributed by atoms with Crippen molar-refractivity contribution in [1.82, 2.24) is 0 Å². The average Bonchev–Trinajstić information content (AvgIpc) is 2.25. The van der Waals surface area contributed by atoms with Gasteiger partial charge in [-0.25, -0.2) is 13.2 Å². The van der Waals surface area contributed by atoms with Gasteiger partial charge in [-0.05, 0) is 18.2 Å². The van der Waals surface area contributed by atoms with Crippen LogP contribution in [-0.4, -0.2) is 38.1 Å². The summed E-state index contributed by atoms with van der Waals surface area (Å²) in [6.07, 6.45) is 0. The maximum atomic E-state index is 11.6. The van der Waals surface area contributed by atoms with Gasteiger partial charge in [0.05, 0.1) is 11.3 Å². The molecule has 0 spiro atoms. The molecule has 7 heteroatoms. The van der Waals surface area contributed by atoms with Gasteiger partial charge in [0, 0.05) is 12.6 Å². The Morgan fingerprint density at radius 2 is 2.06 bits per heavy atom. The third kappa shape index (κ3) is 1.78. The molecule has 17 heavy (non-hydrogen) atoms. The molecule has 1 aromatic carbocycles. The van der Waals surface area contributed by atoms with Crippen LogP contribution in [0.15, 0.2) is 18.2 Å². The Morgan fingerprint density at radius 3 is 2.65 bits per heavy atom. The minimum absolute atomic E-state index is 0.0551. The normalized spacial score (nSPS) is 17.7. The van der Waals surface area contributed by atoms with Gasteiger partial charge in [-0.1, -0.05) is 0 Å². The number of rotatable bonds is 1. The fraction of sp³-hybridized carbons (Fsp3) is 0.200. The zero-order chi connectivity index (χ0) is 12.8. The van der Waals surface area contributed by atoms with Gasteiger partial charge in [0.15, 0.2) is 5.78 Å². The number of carboxylic acid groups (broad SMARTS) is 1. The molecule has 0 aliphatic carbocycles. The lowest BCUT2D eigenvalue weighted by molar-refractivity contribution is 0.0696. The third-order valence-corrected chi connectivity index (χ3v) is 4.27. The monoisotopic (exact) mass is 255 g/mol. The molecule has 0 bridgehead atoms. The van der Waals surface area contributed by atoms with Gasteiger partial charge in [-0.2, -0.15) is 0 Å². The predicted molar refractivity (Wildman–Crippen MR) is 59.9 cm³/mol. The topological polar surface area (TPSA) is 91.8 Å². The van der Waals surface area contributed by atoms with E-state index in [1.54, 1.807) is 0 Å². The van der Waals surface area contributed by atoms with Crippen LogP contribution in [-0.2, 0) is 10.0 Å². The largest absolute Gasteiger partial charge is 0.478 e. The van der Waals surface area contributed by atoms with Crippen molar-refractivity contribution in [1.29, 1.82) is 0 Å². The van der Waals surface area contributed by atoms with E-state index in [0.29, 0.717) is 0 Å². The summed E-state index contributed by atoms with van der Waals surface area (Å²) in [5.41, 5.74) is 0.286. The molecule has 90 valence electrons. The fourth-order valence-corrected chi connectivity index (χ4v) is 2.78. The van der Waals surface area contributed by atoms with E-state index >= 15 is 0 Å². The van der Waals surface area contributed by atoms with E-state index in [1.165, 1.54) is 25.2 Å². The van der Waals surface area contributed by atoms with Gasteiger partial charge in [0.25, 0.3) is 0 Å². The number of sulfonamides is 1. The number of fused-ring (bicyclic) bond motifs is 1. The summed E-state index contributed by atoms with van der Waals surface area (Å²) in [4.78, 5) is 22.4. The van der Waals surface area contributed by atoms with Crippen LogP contribution in [0.5, 0.6) is 0 Å². The number of carboxylic acids is 1. The number of ketones is 1. The summed E-state index contributed by atoms with van der Waals surface area (Å²) >= 11 is 0. The van der Waals surface area contributed by atoms with Crippen molar-refractivity contribution in [3.8, 4) is 0 Å². The maximum Gasteiger partial charge on any atom is 0.335 e. The number of carbonyl (C=O) groups excluding carboxylic acids is 1. The van der Waals surface area contributed by atoms with Crippen molar-refractivity contribution < 1.29 is 23.1 Å². The van der Waals surface area contributed by atoms with E-state index in [9.17, 15) is 18.0 Å². The van der Waals surface area contributed by atoms with E-state index in [4.69, 9.17) is 5.11 Å². The van der Waals surface area contributed by atoms with Crippen LogP contribution in [0, 0.1) is 0 Å². The highest BCUT2D eigenvalue weighted by atomic mass is 32.2. The van der Waals surface area contributed by atoms with Gasteiger partial charge < -0.3 is 5.11 Å². The zero-order valence-corrected chi connectivity index (χ0v) is 9.69. The predicted octanol–water partition coefficient (Wildman–Crippen LogP) is 0.347. The minimum Gasteiger partial charge on any atom is -0.478 e. The minimum atomic E-state index is -3.68. The first-order chi connectivity index (χ1) is 7.83. The molecule has 0 saturated carbocycles. The number of hydrogen-bond acceptors (Lipinski definition) is 4. The number of carbonyl (C=O) groups is 2. The summed E-state index contributed by atoms with van der Waals surface area (Å²) in [7, 11) is -2.38. The Hall–Kier alpha value is -1.89. The van der Waals surface area contributed by atoms with Gasteiger partial charge >= 0.3 is 5.97 Å². The van der Waals surface area contributed by atoms with Crippen molar-refractivity contribution in [3.05, 3.63) is 29.3 Å². The Balaban J connectivity index is 2.68. The fourth-order valence-electron chi connectivity index (χ4n) is 1.65. The van der Waals surface area contributed by atoms with Crippen LogP contribution < -0.4 is 4.31 Å². The molecule has 0 fully saturated rings. The second kappa shape index (κ2) is 3.56. The summed E-state index contributed by atoms with van der Waals surface area (Å²) in [5.74, 6) is -2.27. The van der Waals surface area contributed by atoms with Crippen LogP contribution in [0.25, 0.3) is 0 Å². The lowest BCUT2D eigenvalue weighted by atomic mass is 10.1. The van der Waals surface area contributed by atoms with Crippen LogP contribution in [0.4, 0.5) is 5.69 Å². The maximum absolute atomic E-state index is 11.6. The van der Waals surface area contributed by atoms with Gasteiger partial charge in [-0.15, -0.1) is 0 Å². The van der Waals surface area contributed by atoms with Gasteiger partial charge in [0.1, 0.15) is 5.75 Å². The van der Waals surface area contributed by atoms with Crippen molar-refractivity contribution in [2.45, 2.75) is 0 Å². The zero-order valence-electron chi connectivity index (χ0n) is 8.87. The van der Waals surface area contributed by atoms with Crippen molar-refractivity contribution in [2.24, 2.45) is 0 Å². The number of hydrogen-bond donors (Lipinski definition) is 1. The SMILES string of the molecule is CN1c2cc(C(=O)O)ccc2C(=O)CS1(=O)=O. The molecular formula is C10H9NO5S. The third-order valence-electron chi connectivity index (χ3n) is 2.62. The first-order valence-corrected chi connectivity index (χ1v) is 6.31. The summed E-state index contributed by atoms with van der Waals surface area (Å²) < 4.78 is 24.1. The Kier molecular flexibility index (Phi) is 2.43. The summed E-state index contributed by atoms with van der Waals surface area (Å²) in [5, 5.41) is 8.82. The number of anilines is 1. The summed E-state index contributed by atoms with van der Waals surface area (Å²) in [6.45, 7) is 0. The standard InChI is InChI=1S/C10H9NO5S/c1-11-8-4-6(10(13)14)2-3-7(8)9(12)5-17(11,15)16/h2-4H,5H2,1H3,(H,13,14). The molecule has 1 aliphatic rings. The Bertz CT molecular complexity index is 620. The molecule has 6 nitrogen and oxygen atoms in total. The molecular weight excluding hydrogens is 246 g/mol. The molecule has 2 rings (SSSR count). The average molecular weight is 255 g/mol. The van der Waals surface area contributed by atoms with Gasteiger partial charge in [0.2, 0.25) is 10.0 Å². The summed E-state index contributed by atoms with van der Waals surface area (Å²) in [6, 6.07) is 3.81. The molecule has 0 unspecified atom stereocenters. The second-order valence-electron chi connectivity index (χ2n) is 3.68. The van der Waals surface area contributed by atoms with Crippen LogP contribution in [0.1, 0.15) is 20.7 Å². The molecule has 0 saturated heterocycles. The lowest BCUT2D eigenvalue weighted by Gasteiger charge is -2.26. The Morgan fingerprint density at radius 1 is 1.41 bits per heavy atom. The molecule has 1 aliphatic heterocycles. The number of benzene rings is 1. The van der Waals surface area contributed by atoms with E-state index in [1.807, 2.05) is 0 Å². The highest BCUT2D eigenvalue weighted by Crippen LogP contribution is 2.29. The van der Waals surface area contributed by atoms with Crippen molar-refractivity contribution in [2.75, 3.05) is 17.1 Å². The first-order valence-electron chi connectivity index (χ1n) is 4.70. The van der Waals surface area contributed by atoms with Crippen LogP contribution in [0.2, 0.25) is 0 Å². The van der Waals surface area contributed by atoms with E-state index < -0.39 is 27.5 Å². The van der Waals surface area contributed by atoms with Crippen molar-refractivity contribution in [3.63, 3.8) is 0 Å². The molecule has 0 amide bonds. The number of Topliss-reactive ketones (excluding diaryl/α,β-unsaturated/α-hetero) is 1. The molecule has 0 radical (unpaired) electrons.